The lowest BCUT2D eigenvalue weighted by atomic mass is 10.7. The van der Waals surface area contributed by atoms with Crippen molar-refractivity contribution in [1.82, 2.24) is 0 Å². The molecular weight excluding hydrogens is 178 g/mol. The first-order valence-corrected chi connectivity index (χ1v) is 4.84. The highest BCUT2D eigenvalue weighted by Crippen LogP contribution is 2.35. The largest absolute Gasteiger partial charge is 0.326 e. The van der Waals surface area contributed by atoms with Crippen LogP contribution in [0.4, 0.5) is 0 Å². The van der Waals surface area contributed by atoms with Gasteiger partial charge in [-0.2, -0.15) is 0 Å². The standard InChI is InChI=1S/C3H8O5P2/c1-2-3-7-10(6)8-9(4)5/h2,9-10H,1,3H2,(H,4,5). The van der Waals surface area contributed by atoms with Gasteiger partial charge in [0.05, 0.1) is 6.61 Å². The lowest BCUT2D eigenvalue weighted by Crippen LogP contribution is -1.78. The van der Waals surface area contributed by atoms with E-state index in [0.29, 0.717) is 0 Å². The summed E-state index contributed by atoms with van der Waals surface area (Å²) in [6, 6.07) is 0. The van der Waals surface area contributed by atoms with Crippen molar-refractivity contribution in [2.45, 2.75) is 0 Å². The summed E-state index contributed by atoms with van der Waals surface area (Å²) in [6.07, 6.45) is 1.36. The molecule has 10 heavy (non-hydrogen) atoms. The molecule has 0 aliphatic carbocycles. The van der Waals surface area contributed by atoms with Crippen molar-refractivity contribution >= 4 is 16.5 Å². The van der Waals surface area contributed by atoms with Crippen LogP contribution in [-0.4, -0.2) is 11.5 Å². The molecule has 0 saturated carbocycles. The van der Waals surface area contributed by atoms with Crippen LogP contribution in [0, 0.1) is 0 Å². The number of hydrogen-bond acceptors (Lipinski definition) is 4. The predicted octanol–water partition coefficient (Wildman–Crippen LogP) is 0.977. The number of hydrogen-bond donors (Lipinski definition) is 1. The fraction of sp³-hybridized carbons (Fsp3) is 0.333. The SMILES string of the molecule is C=CCO[PH](=O)O[PH](=O)O. The van der Waals surface area contributed by atoms with Crippen LogP contribution in [0.2, 0.25) is 0 Å². The molecule has 0 radical (unpaired) electrons. The Morgan fingerprint density at radius 2 is 2.20 bits per heavy atom. The van der Waals surface area contributed by atoms with Gasteiger partial charge in [-0.05, 0) is 0 Å². The predicted molar refractivity (Wildman–Crippen MR) is 37.5 cm³/mol. The Morgan fingerprint density at radius 3 is 2.60 bits per heavy atom. The third kappa shape index (κ3) is 6.20. The molecule has 0 fully saturated rings. The minimum atomic E-state index is -3.14. The molecule has 0 aliphatic heterocycles. The van der Waals surface area contributed by atoms with E-state index in [2.05, 4.69) is 15.4 Å². The van der Waals surface area contributed by atoms with Gasteiger partial charge in [-0.15, -0.1) is 6.58 Å². The molecule has 5 nitrogen and oxygen atoms in total. The van der Waals surface area contributed by atoms with E-state index in [4.69, 9.17) is 4.89 Å². The highest BCUT2D eigenvalue weighted by atomic mass is 31.2. The topological polar surface area (TPSA) is 72.8 Å². The zero-order valence-electron chi connectivity index (χ0n) is 5.07. The molecule has 60 valence electrons. The first-order valence-electron chi connectivity index (χ1n) is 2.35. The van der Waals surface area contributed by atoms with E-state index in [9.17, 15) is 9.13 Å². The average Bonchev–Trinajstić information content (AvgIpc) is 1.82. The first-order chi connectivity index (χ1) is 4.66. The molecule has 0 rings (SSSR count). The smallest absolute Gasteiger partial charge is 0.326 e. The molecule has 2 unspecified atom stereocenters. The number of rotatable bonds is 5. The second kappa shape index (κ2) is 5.83. The molecule has 0 aliphatic rings. The highest BCUT2D eigenvalue weighted by Gasteiger charge is 2.00. The molecule has 7 heteroatoms. The Hall–Kier alpha value is 0.0800. The van der Waals surface area contributed by atoms with Gasteiger partial charge >= 0.3 is 16.5 Å². The van der Waals surface area contributed by atoms with Gasteiger partial charge in [0.1, 0.15) is 0 Å². The second-order valence-electron chi connectivity index (χ2n) is 1.22. The summed E-state index contributed by atoms with van der Waals surface area (Å²) in [5.74, 6) is 0. The molecule has 0 spiro atoms. The van der Waals surface area contributed by atoms with Crippen LogP contribution in [0.15, 0.2) is 12.7 Å². The maximum absolute atomic E-state index is 10.4. The van der Waals surface area contributed by atoms with Gasteiger partial charge in [0.15, 0.2) is 0 Å². The van der Waals surface area contributed by atoms with Gasteiger partial charge in [0.25, 0.3) is 0 Å². The summed E-state index contributed by atoms with van der Waals surface area (Å²) in [5.41, 5.74) is 0. The summed E-state index contributed by atoms with van der Waals surface area (Å²) in [6.45, 7) is 3.32. The fourth-order valence-electron chi connectivity index (χ4n) is 0.228. The van der Waals surface area contributed by atoms with Crippen molar-refractivity contribution in [2.24, 2.45) is 0 Å². The highest BCUT2D eigenvalue weighted by molar-refractivity contribution is 7.47. The lowest BCUT2D eigenvalue weighted by molar-refractivity contribution is 0.307. The maximum Gasteiger partial charge on any atom is 0.326 e. The minimum absolute atomic E-state index is 0.0486. The van der Waals surface area contributed by atoms with E-state index < -0.39 is 16.5 Å². The van der Waals surface area contributed by atoms with Crippen LogP contribution in [0.3, 0.4) is 0 Å². The van der Waals surface area contributed by atoms with Gasteiger partial charge < -0.3 is 9.42 Å². The van der Waals surface area contributed by atoms with Crippen molar-refractivity contribution in [3.8, 4) is 0 Å². The summed E-state index contributed by atoms with van der Waals surface area (Å²) >= 11 is 0. The molecule has 0 aromatic carbocycles. The maximum atomic E-state index is 10.4. The van der Waals surface area contributed by atoms with E-state index in [1.807, 2.05) is 0 Å². The van der Waals surface area contributed by atoms with Crippen molar-refractivity contribution in [1.29, 1.82) is 0 Å². The zero-order chi connectivity index (χ0) is 7.98. The van der Waals surface area contributed by atoms with Gasteiger partial charge in [-0.3, -0.25) is 9.13 Å². The second-order valence-corrected chi connectivity index (χ2v) is 3.35. The van der Waals surface area contributed by atoms with Gasteiger partial charge in [0, 0.05) is 0 Å². The van der Waals surface area contributed by atoms with Gasteiger partial charge in [-0.25, -0.2) is 4.31 Å². The van der Waals surface area contributed by atoms with Crippen molar-refractivity contribution in [3.05, 3.63) is 12.7 Å². The summed E-state index contributed by atoms with van der Waals surface area (Å²) in [7, 11) is -5.93. The quantitative estimate of drug-likeness (QED) is 0.511. The Bertz CT molecular complexity index is 155. The van der Waals surface area contributed by atoms with Crippen LogP contribution in [0.25, 0.3) is 0 Å². The van der Waals surface area contributed by atoms with Gasteiger partial charge in [0.2, 0.25) is 0 Å². The van der Waals surface area contributed by atoms with E-state index >= 15 is 0 Å². The molecule has 2 atom stereocenters. The summed E-state index contributed by atoms with van der Waals surface area (Å²) in [5, 5.41) is 0. The third-order valence-electron chi connectivity index (χ3n) is 0.490. The van der Waals surface area contributed by atoms with Crippen LogP contribution >= 0.6 is 16.5 Å². The molecular formula is C3H8O5P2. The Kier molecular flexibility index (Phi) is 5.88. The summed E-state index contributed by atoms with van der Waals surface area (Å²) < 4.78 is 28.5. The Morgan fingerprint density at radius 1 is 1.60 bits per heavy atom. The molecule has 0 aromatic heterocycles. The Labute approximate surface area is 59.6 Å². The Balaban J connectivity index is 3.43. The normalized spacial score (nSPS) is 16.1. The molecule has 0 heterocycles. The van der Waals surface area contributed by atoms with Crippen LogP contribution in [0.5, 0.6) is 0 Å². The van der Waals surface area contributed by atoms with Gasteiger partial charge in [-0.1, -0.05) is 6.08 Å². The van der Waals surface area contributed by atoms with Crippen molar-refractivity contribution < 1.29 is 22.9 Å². The van der Waals surface area contributed by atoms with Crippen molar-refractivity contribution in [2.75, 3.05) is 6.61 Å². The van der Waals surface area contributed by atoms with E-state index in [1.165, 1.54) is 6.08 Å². The molecule has 0 saturated heterocycles. The molecule has 0 bridgehead atoms. The molecule has 0 amide bonds. The average molecular weight is 186 g/mol. The van der Waals surface area contributed by atoms with Crippen LogP contribution in [0.1, 0.15) is 0 Å². The molecule has 0 aromatic rings. The van der Waals surface area contributed by atoms with Crippen molar-refractivity contribution in [3.63, 3.8) is 0 Å². The molecule has 1 N–H and O–H groups in total. The fourth-order valence-corrected chi connectivity index (χ4v) is 1.29. The minimum Gasteiger partial charge on any atom is -0.326 e. The zero-order valence-corrected chi connectivity index (χ0v) is 7.07. The van der Waals surface area contributed by atoms with E-state index in [1.54, 1.807) is 0 Å². The third-order valence-corrected chi connectivity index (χ3v) is 2.26. The van der Waals surface area contributed by atoms with Crippen LogP contribution < -0.4 is 0 Å². The lowest BCUT2D eigenvalue weighted by Gasteiger charge is -1.97. The summed E-state index contributed by atoms with van der Waals surface area (Å²) in [4.78, 5) is 8.07. The first kappa shape index (κ1) is 10.1. The van der Waals surface area contributed by atoms with E-state index in [-0.39, 0.29) is 6.61 Å². The van der Waals surface area contributed by atoms with Crippen LogP contribution in [-0.2, 0) is 18.0 Å². The monoisotopic (exact) mass is 186 g/mol. The van der Waals surface area contributed by atoms with E-state index in [0.717, 1.165) is 0 Å².